The van der Waals surface area contributed by atoms with Crippen LogP contribution in [0.2, 0.25) is 0 Å². The molecule has 0 radical (unpaired) electrons. The highest BCUT2D eigenvalue weighted by Gasteiger charge is 2.09. The maximum Gasteiger partial charge on any atom is 0.270 e. The van der Waals surface area contributed by atoms with E-state index in [-0.39, 0.29) is 11.5 Å². The van der Waals surface area contributed by atoms with Gasteiger partial charge in [0.1, 0.15) is 5.69 Å². The number of aromatic nitrogens is 2. The molecular formula is C14H13N3O3. The summed E-state index contributed by atoms with van der Waals surface area (Å²) in [7, 11) is 1.70. The molecule has 0 aliphatic carbocycles. The van der Waals surface area contributed by atoms with E-state index in [1.54, 1.807) is 38.2 Å². The van der Waals surface area contributed by atoms with Crippen LogP contribution < -0.4 is 0 Å². The molecule has 0 aliphatic heterocycles. The first-order chi connectivity index (χ1) is 9.47. The second-order valence-corrected chi connectivity index (χ2v) is 4.34. The largest absolute Gasteiger partial charge is 0.288 e. The van der Waals surface area contributed by atoms with Crippen molar-refractivity contribution in [2.24, 2.45) is 7.05 Å². The van der Waals surface area contributed by atoms with Crippen molar-refractivity contribution in [2.75, 3.05) is 0 Å². The molecule has 2 rings (SSSR count). The van der Waals surface area contributed by atoms with E-state index in [1.807, 2.05) is 0 Å². The summed E-state index contributed by atoms with van der Waals surface area (Å²) in [5.41, 5.74) is 1.84. The van der Waals surface area contributed by atoms with Crippen LogP contribution >= 0.6 is 0 Å². The van der Waals surface area contributed by atoms with Gasteiger partial charge in [0.2, 0.25) is 5.78 Å². The highest BCUT2D eigenvalue weighted by molar-refractivity contribution is 6.05. The molecule has 102 valence electrons. The van der Waals surface area contributed by atoms with Crippen molar-refractivity contribution < 1.29 is 9.72 Å². The van der Waals surface area contributed by atoms with Crippen molar-refractivity contribution in [3.05, 3.63) is 63.5 Å². The summed E-state index contributed by atoms with van der Waals surface area (Å²) in [4.78, 5) is 22.2. The second kappa shape index (κ2) is 5.48. The SMILES string of the molecule is Cc1cc(C(=O)/C=C/c2cccc([N+](=O)[O-])c2)n(C)n1. The summed E-state index contributed by atoms with van der Waals surface area (Å²) in [6.45, 7) is 1.81. The molecule has 1 aromatic carbocycles. The van der Waals surface area contributed by atoms with E-state index in [0.29, 0.717) is 11.3 Å². The molecule has 0 fully saturated rings. The van der Waals surface area contributed by atoms with Gasteiger partial charge < -0.3 is 0 Å². The average Bonchev–Trinajstić information content (AvgIpc) is 2.75. The van der Waals surface area contributed by atoms with Crippen molar-refractivity contribution in [1.82, 2.24) is 9.78 Å². The monoisotopic (exact) mass is 271 g/mol. The van der Waals surface area contributed by atoms with Crippen LogP contribution in [-0.2, 0) is 7.05 Å². The van der Waals surface area contributed by atoms with Crippen LogP contribution in [0.25, 0.3) is 6.08 Å². The van der Waals surface area contributed by atoms with Gasteiger partial charge >= 0.3 is 0 Å². The van der Waals surface area contributed by atoms with Gasteiger partial charge in [-0.05, 0) is 24.6 Å². The third-order valence-electron chi connectivity index (χ3n) is 2.76. The number of ketones is 1. The molecule has 0 spiro atoms. The molecule has 6 nitrogen and oxygen atoms in total. The summed E-state index contributed by atoms with van der Waals surface area (Å²) in [5, 5.41) is 14.8. The van der Waals surface area contributed by atoms with E-state index >= 15 is 0 Å². The van der Waals surface area contributed by atoms with Crippen LogP contribution in [-0.4, -0.2) is 20.5 Å². The summed E-state index contributed by atoms with van der Waals surface area (Å²) in [6, 6.07) is 7.80. The van der Waals surface area contributed by atoms with Crippen LogP contribution in [0, 0.1) is 17.0 Å². The minimum Gasteiger partial charge on any atom is -0.288 e. The maximum atomic E-state index is 12.0. The number of nitro benzene ring substituents is 1. The fraction of sp³-hybridized carbons (Fsp3) is 0.143. The van der Waals surface area contributed by atoms with E-state index in [9.17, 15) is 14.9 Å². The fourth-order valence-electron chi connectivity index (χ4n) is 1.84. The number of nitro groups is 1. The normalized spacial score (nSPS) is 10.9. The second-order valence-electron chi connectivity index (χ2n) is 4.34. The number of non-ortho nitro benzene ring substituents is 1. The number of aryl methyl sites for hydroxylation is 2. The van der Waals surface area contributed by atoms with Gasteiger partial charge in [-0.1, -0.05) is 18.2 Å². The van der Waals surface area contributed by atoms with E-state index in [2.05, 4.69) is 5.10 Å². The molecule has 0 N–H and O–H groups in total. The Labute approximate surface area is 115 Å². The average molecular weight is 271 g/mol. The fourth-order valence-corrected chi connectivity index (χ4v) is 1.84. The predicted octanol–water partition coefficient (Wildman–Crippen LogP) is 2.53. The standard InChI is InChI=1S/C14H13N3O3/c1-10-8-13(16(2)15-10)14(18)7-6-11-4-3-5-12(9-11)17(19)20/h3-9H,1-2H3/b7-6+. The summed E-state index contributed by atoms with van der Waals surface area (Å²) in [5.74, 6) is -0.195. The number of carbonyl (C=O) groups is 1. The molecular weight excluding hydrogens is 258 g/mol. The van der Waals surface area contributed by atoms with Gasteiger partial charge in [0, 0.05) is 19.2 Å². The minimum atomic E-state index is -0.469. The minimum absolute atomic E-state index is 0.00373. The Balaban J connectivity index is 2.21. The topological polar surface area (TPSA) is 78.0 Å². The zero-order chi connectivity index (χ0) is 14.7. The summed E-state index contributed by atoms with van der Waals surface area (Å²) >= 11 is 0. The van der Waals surface area contributed by atoms with E-state index in [1.165, 1.54) is 22.9 Å². The first-order valence-electron chi connectivity index (χ1n) is 5.95. The molecule has 0 saturated carbocycles. The number of rotatable bonds is 4. The van der Waals surface area contributed by atoms with Crippen LogP contribution in [0.1, 0.15) is 21.7 Å². The molecule has 0 aliphatic rings. The van der Waals surface area contributed by atoms with Crippen molar-refractivity contribution >= 4 is 17.5 Å². The van der Waals surface area contributed by atoms with E-state index < -0.39 is 4.92 Å². The van der Waals surface area contributed by atoms with Gasteiger partial charge in [0.25, 0.3) is 5.69 Å². The lowest BCUT2D eigenvalue weighted by molar-refractivity contribution is -0.384. The Morgan fingerprint density at radius 2 is 2.15 bits per heavy atom. The Morgan fingerprint density at radius 1 is 1.40 bits per heavy atom. The van der Waals surface area contributed by atoms with Crippen molar-refractivity contribution in [3.8, 4) is 0 Å². The van der Waals surface area contributed by atoms with Crippen LogP contribution in [0.3, 0.4) is 0 Å². The Bertz CT molecular complexity index is 701. The first-order valence-corrected chi connectivity index (χ1v) is 5.95. The number of nitrogens with zero attached hydrogens (tertiary/aromatic N) is 3. The molecule has 6 heteroatoms. The zero-order valence-corrected chi connectivity index (χ0v) is 11.1. The first kappa shape index (κ1) is 13.7. The number of benzene rings is 1. The van der Waals surface area contributed by atoms with Crippen molar-refractivity contribution in [1.29, 1.82) is 0 Å². The highest BCUT2D eigenvalue weighted by atomic mass is 16.6. The van der Waals surface area contributed by atoms with Crippen molar-refractivity contribution in [2.45, 2.75) is 6.92 Å². The quantitative estimate of drug-likeness (QED) is 0.370. The molecule has 0 atom stereocenters. The van der Waals surface area contributed by atoms with Gasteiger partial charge in [0.15, 0.2) is 0 Å². The lowest BCUT2D eigenvalue weighted by Gasteiger charge is -1.96. The molecule has 1 aromatic heterocycles. The van der Waals surface area contributed by atoms with Gasteiger partial charge in [-0.3, -0.25) is 19.6 Å². The smallest absolute Gasteiger partial charge is 0.270 e. The molecule has 0 amide bonds. The molecule has 2 aromatic rings. The number of hydrogen-bond donors (Lipinski definition) is 0. The van der Waals surface area contributed by atoms with Gasteiger partial charge in [-0.25, -0.2) is 0 Å². The number of hydrogen-bond acceptors (Lipinski definition) is 4. The molecule has 0 unspecified atom stereocenters. The van der Waals surface area contributed by atoms with Gasteiger partial charge in [-0.2, -0.15) is 5.10 Å². The predicted molar refractivity (Wildman–Crippen MR) is 74.4 cm³/mol. The van der Waals surface area contributed by atoms with Crippen LogP contribution in [0.15, 0.2) is 36.4 Å². The van der Waals surface area contributed by atoms with E-state index in [4.69, 9.17) is 0 Å². The van der Waals surface area contributed by atoms with E-state index in [0.717, 1.165) is 5.69 Å². The Morgan fingerprint density at radius 3 is 2.75 bits per heavy atom. The molecule has 1 heterocycles. The van der Waals surface area contributed by atoms with Crippen LogP contribution in [0.4, 0.5) is 5.69 Å². The van der Waals surface area contributed by atoms with Crippen molar-refractivity contribution in [3.63, 3.8) is 0 Å². The zero-order valence-electron chi connectivity index (χ0n) is 11.1. The number of carbonyl (C=O) groups excluding carboxylic acids is 1. The van der Waals surface area contributed by atoms with Crippen LogP contribution in [0.5, 0.6) is 0 Å². The summed E-state index contributed by atoms with van der Waals surface area (Å²) in [6.07, 6.45) is 2.94. The van der Waals surface area contributed by atoms with Gasteiger partial charge in [-0.15, -0.1) is 0 Å². The third-order valence-corrected chi connectivity index (χ3v) is 2.76. The Kier molecular flexibility index (Phi) is 3.74. The molecule has 0 saturated heterocycles. The Hall–Kier alpha value is -2.76. The summed E-state index contributed by atoms with van der Waals surface area (Å²) < 4.78 is 1.51. The molecule has 0 bridgehead atoms. The number of allylic oxidation sites excluding steroid dienone is 1. The molecule has 20 heavy (non-hydrogen) atoms. The maximum absolute atomic E-state index is 12.0. The van der Waals surface area contributed by atoms with Gasteiger partial charge in [0.05, 0.1) is 10.6 Å². The lowest BCUT2D eigenvalue weighted by atomic mass is 10.1. The highest BCUT2D eigenvalue weighted by Crippen LogP contribution is 2.14. The third kappa shape index (κ3) is 2.97. The lowest BCUT2D eigenvalue weighted by Crippen LogP contribution is -2.03.